The Labute approximate surface area is 109 Å². The van der Waals surface area contributed by atoms with Crippen molar-refractivity contribution < 1.29 is 32.6 Å². The molecule has 0 aromatic carbocycles. The van der Waals surface area contributed by atoms with Gasteiger partial charge in [0.05, 0.1) is 6.61 Å². The minimum Gasteiger partial charge on any atom is -0.481 e. The first-order chi connectivity index (χ1) is 8.70. The Hall–Kier alpha value is -1.31. The quantitative estimate of drug-likeness (QED) is 0.632. The van der Waals surface area contributed by atoms with E-state index in [1.54, 1.807) is 0 Å². The fourth-order valence-electron chi connectivity index (χ4n) is 1.30. The standard InChI is InChI=1S/C11H18F3NO4/c1-8(6-19-7-11(12,13)14)15-9(16)4-2-3-5-10(17)18/h8H,2-7H2,1H3,(H,15,16)(H,17,18). The van der Waals surface area contributed by atoms with E-state index in [-0.39, 0.29) is 25.4 Å². The number of nitrogens with one attached hydrogen (secondary N) is 1. The topological polar surface area (TPSA) is 75.6 Å². The Balaban J connectivity index is 3.61. The first kappa shape index (κ1) is 17.7. The van der Waals surface area contributed by atoms with Crippen LogP contribution in [-0.2, 0) is 14.3 Å². The van der Waals surface area contributed by atoms with Crippen LogP contribution in [0.2, 0.25) is 0 Å². The first-order valence-corrected chi connectivity index (χ1v) is 5.86. The van der Waals surface area contributed by atoms with Gasteiger partial charge in [-0.05, 0) is 19.8 Å². The second-order valence-corrected chi connectivity index (χ2v) is 4.20. The second-order valence-electron chi connectivity index (χ2n) is 4.20. The van der Waals surface area contributed by atoms with E-state index in [0.717, 1.165) is 0 Å². The van der Waals surface area contributed by atoms with E-state index in [1.807, 2.05) is 0 Å². The molecule has 0 spiro atoms. The molecular formula is C11H18F3NO4. The molecule has 2 N–H and O–H groups in total. The number of aliphatic carboxylic acids is 1. The second kappa shape index (κ2) is 8.73. The molecule has 5 nitrogen and oxygen atoms in total. The molecule has 1 atom stereocenters. The van der Waals surface area contributed by atoms with Gasteiger partial charge < -0.3 is 15.2 Å². The summed E-state index contributed by atoms with van der Waals surface area (Å²) in [5.41, 5.74) is 0. The molecule has 112 valence electrons. The summed E-state index contributed by atoms with van der Waals surface area (Å²) in [5, 5.41) is 10.9. The number of carbonyl (C=O) groups excluding carboxylic acids is 1. The molecule has 0 aromatic heterocycles. The maximum Gasteiger partial charge on any atom is 0.411 e. The Bertz CT molecular complexity index is 294. The minimum atomic E-state index is -4.37. The summed E-state index contributed by atoms with van der Waals surface area (Å²) < 4.78 is 39.7. The highest BCUT2D eigenvalue weighted by Gasteiger charge is 2.27. The summed E-state index contributed by atoms with van der Waals surface area (Å²) in [6.45, 7) is -0.0300. The summed E-state index contributed by atoms with van der Waals surface area (Å²) in [4.78, 5) is 21.5. The van der Waals surface area contributed by atoms with Gasteiger partial charge in [-0.2, -0.15) is 13.2 Å². The highest BCUT2D eigenvalue weighted by molar-refractivity contribution is 5.76. The van der Waals surface area contributed by atoms with Gasteiger partial charge in [-0.1, -0.05) is 0 Å². The van der Waals surface area contributed by atoms with Crippen LogP contribution < -0.4 is 5.32 Å². The maximum absolute atomic E-state index is 11.8. The third kappa shape index (κ3) is 12.9. The molecule has 0 heterocycles. The number of alkyl halides is 3. The molecule has 0 aliphatic carbocycles. The van der Waals surface area contributed by atoms with E-state index in [2.05, 4.69) is 10.1 Å². The zero-order chi connectivity index (χ0) is 14.9. The molecule has 0 bridgehead atoms. The van der Waals surface area contributed by atoms with Gasteiger partial charge in [0.15, 0.2) is 0 Å². The summed E-state index contributed by atoms with van der Waals surface area (Å²) in [7, 11) is 0. The number of amides is 1. The zero-order valence-corrected chi connectivity index (χ0v) is 10.6. The molecule has 0 saturated carbocycles. The van der Waals surface area contributed by atoms with E-state index in [1.165, 1.54) is 6.92 Å². The van der Waals surface area contributed by atoms with Gasteiger partial charge in [0.25, 0.3) is 0 Å². The predicted molar refractivity (Wildman–Crippen MR) is 60.6 cm³/mol. The lowest BCUT2D eigenvalue weighted by Crippen LogP contribution is -2.36. The molecule has 1 unspecified atom stereocenters. The fourth-order valence-corrected chi connectivity index (χ4v) is 1.30. The zero-order valence-electron chi connectivity index (χ0n) is 10.6. The molecular weight excluding hydrogens is 267 g/mol. The predicted octanol–water partition coefficient (Wildman–Crippen LogP) is 1.72. The average Bonchev–Trinajstić information content (AvgIpc) is 2.22. The Morgan fingerprint density at radius 1 is 1.26 bits per heavy atom. The average molecular weight is 285 g/mol. The minimum absolute atomic E-state index is 0.00245. The van der Waals surface area contributed by atoms with Gasteiger partial charge in [0, 0.05) is 18.9 Å². The van der Waals surface area contributed by atoms with Gasteiger partial charge in [0.2, 0.25) is 5.91 Å². The van der Waals surface area contributed by atoms with Crippen molar-refractivity contribution in [2.24, 2.45) is 0 Å². The van der Waals surface area contributed by atoms with Crippen LogP contribution in [0.15, 0.2) is 0 Å². The molecule has 0 rings (SSSR count). The number of rotatable bonds is 9. The molecule has 0 aliphatic rings. The van der Waals surface area contributed by atoms with Crippen molar-refractivity contribution in [2.45, 2.75) is 44.8 Å². The third-order valence-electron chi connectivity index (χ3n) is 2.09. The lowest BCUT2D eigenvalue weighted by atomic mass is 10.2. The molecule has 0 saturated heterocycles. The Kier molecular flexibility index (Phi) is 8.13. The number of halogens is 3. The van der Waals surface area contributed by atoms with Crippen molar-refractivity contribution in [1.29, 1.82) is 0 Å². The van der Waals surface area contributed by atoms with Crippen LogP contribution >= 0.6 is 0 Å². The molecule has 0 aromatic rings. The summed E-state index contributed by atoms with van der Waals surface area (Å²) in [6, 6.07) is -0.519. The molecule has 0 fully saturated rings. The van der Waals surface area contributed by atoms with Crippen LogP contribution in [0.1, 0.15) is 32.6 Å². The Morgan fingerprint density at radius 2 is 1.84 bits per heavy atom. The van der Waals surface area contributed by atoms with Crippen molar-refractivity contribution in [3.05, 3.63) is 0 Å². The van der Waals surface area contributed by atoms with Crippen LogP contribution in [0.25, 0.3) is 0 Å². The third-order valence-corrected chi connectivity index (χ3v) is 2.09. The largest absolute Gasteiger partial charge is 0.481 e. The van der Waals surface area contributed by atoms with Gasteiger partial charge in [-0.25, -0.2) is 0 Å². The molecule has 1 amide bonds. The van der Waals surface area contributed by atoms with Gasteiger partial charge in [-0.3, -0.25) is 9.59 Å². The highest BCUT2D eigenvalue weighted by Crippen LogP contribution is 2.14. The number of carboxylic acids is 1. The lowest BCUT2D eigenvalue weighted by Gasteiger charge is -2.15. The molecule has 19 heavy (non-hydrogen) atoms. The Morgan fingerprint density at radius 3 is 2.37 bits per heavy atom. The van der Waals surface area contributed by atoms with Gasteiger partial charge in [-0.15, -0.1) is 0 Å². The monoisotopic (exact) mass is 285 g/mol. The number of ether oxygens (including phenoxy) is 1. The van der Waals surface area contributed by atoms with E-state index in [9.17, 15) is 22.8 Å². The fraction of sp³-hybridized carbons (Fsp3) is 0.818. The van der Waals surface area contributed by atoms with E-state index >= 15 is 0 Å². The number of carbonyl (C=O) groups is 2. The maximum atomic E-state index is 11.8. The van der Waals surface area contributed by atoms with Crippen LogP contribution in [0.3, 0.4) is 0 Å². The van der Waals surface area contributed by atoms with Gasteiger partial charge in [0.1, 0.15) is 6.61 Å². The van der Waals surface area contributed by atoms with Crippen LogP contribution in [0, 0.1) is 0 Å². The van der Waals surface area contributed by atoms with Crippen LogP contribution in [-0.4, -0.2) is 42.4 Å². The summed E-state index contributed by atoms with van der Waals surface area (Å²) in [6.07, 6.45) is -3.41. The SMILES string of the molecule is CC(COCC(F)(F)F)NC(=O)CCCCC(=O)O. The smallest absolute Gasteiger partial charge is 0.411 e. The van der Waals surface area contributed by atoms with Crippen LogP contribution in [0.5, 0.6) is 0 Å². The molecule has 0 radical (unpaired) electrons. The molecule has 0 aliphatic heterocycles. The van der Waals surface area contributed by atoms with Crippen LogP contribution in [0.4, 0.5) is 13.2 Å². The van der Waals surface area contributed by atoms with Crippen molar-refractivity contribution in [3.63, 3.8) is 0 Å². The number of carboxylic acid groups (broad SMARTS) is 1. The highest BCUT2D eigenvalue weighted by atomic mass is 19.4. The van der Waals surface area contributed by atoms with Crippen molar-refractivity contribution in [3.8, 4) is 0 Å². The number of hydrogen-bond acceptors (Lipinski definition) is 3. The van der Waals surface area contributed by atoms with Crippen molar-refractivity contribution in [1.82, 2.24) is 5.32 Å². The lowest BCUT2D eigenvalue weighted by molar-refractivity contribution is -0.175. The van der Waals surface area contributed by atoms with Crippen molar-refractivity contribution in [2.75, 3.05) is 13.2 Å². The van der Waals surface area contributed by atoms with E-state index in [4.69, 9.17) is 5.11 Å². The normalized spacial score (nSPS) is 13.1. The molecule has 8 heteroatoms. The first-order valence-electron chi connectivity index (χ1n) is 5.86. The van der Waals surface area contributed by atoms with E-state index in [0.29, 0.717) is 12.8 Å². The van der Waals surface area contributed by atoms with E-state index < -0.39 is 24.8 Å². The summed E-state index contributed by atoms with van der Waals surface area (Å²) >= 11 is 0. The summed E-state index contributed by atoms with van der Waals surface area (Å²) in [5.74, 6) is -1.25. The number of hydrogen-bond donors (Lipinski definition) is 2. The van der Waals surface area contributed by atoms with Crippen molar-refractivity contribution >= 4 is 11.9 Å². The number of unbranched alkanes of at least 4 members (excludes halogenated alkanes) is 1. The van der Waals surface area contributed by atoms with Gasteiger partial charge >= 0.3 is 12.1 Å².